The fourth-order valence-corrected chi connectivity index (χ4v) is 2.25. The Balaban J connectivity index is 2.20. The summed E-state index contributed by atoms with van der Waals surface area (Å²) in [5, 5.41) is 0.768. The first-order chi connectivity index (χ1) is 8.74. The molecule has 0 aliphatic carbocycles. The van der Waals surface area contributed by atoms with Crippen molar-refractivity contribution in [2.45, 2.75) is 32.9 Å². The summed E-state index contributed by atoms with van der Waals surface area (Å²) >= 11 is 6.26. The summed E-state index contributed by atoms with van der Waals surface area (Å²) in [6.07, 6.45) is 5.72. The number of nitrogens with two attached hydrogens (primary N) is 1. The molecule has 0 fully saturated rings. The van der Waals surface area contributed by atoms with Crippen LogP contribution in [0.5, 0.6) is 0 Å². The number of hydrogen-bond acceptors (Lipinski definition) is 2. The van der Waals surface area contributed by atoms with Crippen LogP contribution in [0.1, 0.15) is 30.3 Å². The Bertz CT molecular complexity index is 520. The van der Waals surface area contributed by atoms with E-state index in [9.17, 15) is 0 Å². The first-order valence-electron chi connectivity index (χ1n) is 6.22. The minimum absolute atomic E-state index is 0.518. The minimum atomic E-state index is 0.518. The van der Waals surface area contributed by atoms with Gasteiger partial charge in [0.15, 0.2) is 0 Å². The van der Waals surface area contributed by atoms with Crippen molar-refractivity contribution in [3.63, 3.8) is 0 Å². The molecule has 1 aromatic heterocycles. The highest BCUT2D eigenvalue weighted by molar-refractivity contribution is 6.31. The maximum atomic E-state index is 6.26. The number of nitrogens with zero attached hydrogens (tertiary/aromatic N) is 2. The standard InChI is InChI=1S/C14H18ClN3/c1-2-6-18-7-5-17-14(18)9-12-4-3-11(10-16)8-13(12)15/h3-5,7-8H,2,6,9-10,16H2,1H3. The minimum Gasteiger partial charge on any atom is -0.335 e. The van der Waals surface area contributed by atoms with Crippen LogP contribution in [-0.2, 0) is 19.5 Å². The summed E-state index contributed by atoms with van der Waals surface area (Å²) in [6, 6.07) is 5.99. The lowest BCUT2D eigenvalue weighted by Gasteiger charge is -2.08. The van der Waals surface area contributed by atoms with Crippen molar-refractivity contribution in [1.82, 2.24) is 9.55 Å². The third kappa shape index (κ3) is 2.92. The number of hydrogen-bond donors (Lipinski definition) is 1. The Morgan fingerprint density at radius 3 is 2.89 bits per heavy atom. The first-order valence-corrected chi connectivity index (χ1v) is 6.59. The number of aromatic nitrogens is 2. The molecule has 0 radical (unpaired) electrons. The number of halogens is 1. The van der Waals surface area contributed by atoms with Crippen LogP contribution in [0.15, 0.2) is 30.6 Å². The van der Waals surface area contributed by atoms with Gasteiger partial charge >= 0.3 is 0 Å². The predicted octanol–water partition coefficient (Wildman–Crippen LogP) is 3.00. The number of imidazole rings is 1. The fraction of sp³-hybridized carbons (Fsp3) is 0.357. The molecule has 0 amide bonds. The molecule has 0 unspecified atom stereocenters. The predicted molar refractivity (Wildman–Crippen MR) is 74.7 cm³/mol. The summed E-state index contributed by atoms with van der Waals surface area (Å²) in [4.78, 5) is 4.39. The normalized spacial score (nSPS) is 10.8. The van der Waals surface area contributed by atoms with E-state index in [1.54, 1.807) is 0 Å². The molecule has 0 aliphatic rings. The van der Waals surface area contributed by atoms with Gasteiger partial charge in [-0.2, -0.15) is 0 Å². The molecule has 2 rings (SSSR count). The lowest BCUT2D eigenvalue weighted by atomic mass is 10.1. The van der Waals surface area contributed by atoms with Gasteiger partial charge in [-0.1, -0.05) is 30.7 Å². The van der Waals surface area contributed by atoms with Crippen molar-refractivity contribution in [2.24, 2.45) is 5.73 Å². The van der Waals surface area contributed by atoms with Crippen molar-refractivity contribution in [2.75, 3.05) is 0 Å². The van der Waals surface area contributed by atoms with Crippen LogP contribution in [0.4, 0.5) is 0 Å². The van der Waals surface area contributed by atoms with Crippen molar-refractivity contribution in [3.8, 4) is 0 Å². The molecule has 1 heterocycles. The van der Waals surface area contributed by atoms with E-state index < -0.39 is 0 Å². The number of benzene rings is 1. The largest absolute Gasteiger partial charge is 0.335 e. The molecule has 1 aromatic carbocycles. The van der Waals surface area contributed by atoms with Gasteiger partial charge in [0.2, 0.25) is 0 Å². The number of aryl methyl sites for hydroxylation is 1. The van der Waals surface area contributed by atoms with E-state index in [-0.39, 0.29) is 0 Å². The van der Waals surface area contributed by atoms with E-state index in [4.69, 9.17) is 17.3 Å². The molecule has 18 heavy (non-hydrogen) atoms. The fourth-order valence-electron chi connectivity index (χ4n) is 1.98. The van der Waals surface area contributed by atoms with Gasteiger partial charge in [-0.25, -0.2) is 4.98 Å². The Labute approximate surface area is 113 Å². The average Bonchev–Trinajstić information content (AvgIpc) is 2.80. The lowest BCUT2D eigenvalue weighted by Crippen LogP contribution is -2.04. The third-order valence-electron chi connectivity index (χ3n) is 2.97. The monoisotopic (exact) mass is 263 g/mol. The van der Waals surface area contributed by atoms with E-state index in [0.717, 1.165) is 41.4 Å². The van der Waals surface area contributed by atoms with E-state index in [2.05, 4.69) is 16.5 Å². The van der Waals surface area contributed by atoms with Crippen molar-refractivity contribution >= 4 is 11.6 Å². The van der Waals surface area contributed by atoms with Gasteiger partial charge in [-0.05, 0) is 23.6 Å². The smallest absolute Gasteiger partial charge is 0.113 e. The van der Waals surface area contributed by atoms with Crippen LogP contribution in [0.3, 0.4) is 0 Å². The molecule has 0 saturated heterocycles. The van der Waals surface area contributed by atoms with Crippen LogP contribution in [-0.4, -0.2) is 9.55 Å². The molecular weight excluding hydrogens is 246 g/mol. The summed E-state index contributed by atoms with van der Waals surface area (Å²) in [5.74, 6) is 1.05. The molecule has 3 nitrogen and oxygen atoms in total. The van der Waals surface area contributed by atoms with Gasteiger partial charge in [0, 0.05) is 36.9 Å². The van der Waals surface area contributed by atoms with E-state index >= 15 is 0 Å². The zero-order chi connectivity index (χ0) is 13.0. The summed E-state index contributed by atoms with van der Waals surface area (Å²) in [6.45, 7) is 3.67. The second-order valence-electron chi connectivity index (χ2n) is 4.34. The van der Waals surface area contributed by atoms with Crippen LogP contribution in [0.25, 0.3) is 0 Å². The molecule has 4 heteroatoms. The summed E-state index contributed by atoms with van der Waals surface area (Å²) in [7, 11) is 0. The number of rotatable bonds is 5. The van der Waals surface area contributed by atoms with Crippen LogP contribution in [0.2, 0.25) is 5.02 Å². The molecule has 2 aromatic rings. The van der Waals surface area contributed by atoms with Crippen LogP contribution in [0, 0.1) is 0 Å². The molecular formula is C14H18ClN3. The second-order valence-corrected chi connectivity index (χ2v) is 4.75. The van der Waals surface area contributed by atoms with Gasteiger partial charge in [-0.15, -0.1) is 0 Å². The molecule has 0 atom stereocenters. The summed E-state index contributed by atoms with van der Waals surface area (Å²) in [5.41, 5.74) is 7.74. The Morgan fingerprint density at radius 1 is 1.39 bits per heavy atom. The highest BCUT2D eigenvalue weighted by atomic mass is 35.5. The van der Waals surface area contributed by atoms with Gasteiger partial charge < -0.3 is 10.3 Å². The molecule has 0 bridgehead atoms. The van der Waals surface area contributed by atoms with Gasteiger partial charge in [0.1, 0.15) is 5.82 Å². The molecule has 0 saturated carbocycles. The highest BCUT2D eigenvalue weighted by Gasteiger charge is 2.07. The van der Waals surface area contributed by atoms with Gasteiger partial charge in [0.05, 0.1) is 0 Å². The molecule has 2 N–H and O–H groups in total. The molecule has 96 valence electrons. The lowest BCUT2D eigenvalue weighted by molar-refractivity contribution is 0.647. The topological polar surface area (TPSA) is 43.8 Å². The van der Waals surface area contributed by atoms with Crippen molar-refractivity contribution < 1.29 is 0 Å². The van der Waals surface area contributed by atoms with E-state index in [1.165, 1.54) is 0 Å². The Hall–Kier alpha value is -1.32. The maximum absolute atomic E-state index is 6.26. The van der Waals surface area contributed by atoms with E-state index in [0.29, 0.717) is 6.54 Å². The quantitative estimate of drug-likeness (QED) is 0.901. The van der Waals surface area contributed by atoms with Crippen molar-refractivity contribution in [1.29, 1.82) is 0 Å². The maximum Gasteiger partial charge on any atom is 0.113 e. The van der Waals surface area contributed by atoms with E-state index in [1.807, 2.05) is 30.6 Å². The van der Waals surface area contributed by atoms with Gasteiger partial charge in [-0.3, -0.25) is 0 Å². The summed E-state index contributed by atoms with van der Waals surface area (Å²) < 4.78 is 2.17. The van der Waals surface area contributed by atoms with Crippen LogP contribution < -0.4 is 5.73 Å². The zero-order valence-corrected chi connectivity index (χ0v) is 11.3. The highest BCUT2D eigenvalue weighted by Crippen LogP contribution is 2.20. The second kappa shape index (κ2) is 6.03. The zero-order valence-electron chi connectivity index (χ0n) is 10.6. The average molecular weight is 264 g/mol. The third-order valence-corrected chi connectivity index (χ3v) is 3.32. The Morgan fingerprint density at radius 2 is 2.22 bits per heavy atom. The molecule has 0 aliphatic heterocycles. The first kappa shape index (κ1) is 13.1. The Kier molecular flexibility index (Phi) is 4.39. The SMILES string of the molecule is CCCn1ccnc1Cc1ccc(CN)cc1Cl. The van der Waals surface area contributed by atoms with Crippen LogP contribution >= 0.6 is 11.6 Å². The molecule has 0 spiro atoms. The van der Waals surface area contributed by atoms with Gasteiger partial charge in [0.25, 0.3) is 0 Å². The van der Waals surface area contributed by atoms with Crippen molar-refractivity contribution in [3.05, 3.63) is 52.6 Å².